The maximum atomic E-state index is 13.8. The number of anilines is 3. The van der Waals surface area contributed by atoms with E-state index in [9.17, 15) is 4.79 Å². The summed E-state index contributed by atoms with van der Waals surface area (Å²) in [6.45, 7) is 6.41. The summed E-state index contributed by atoms with van der Waals surface area (Å²) in [5, 5.41) is 1.65. The lowest BCUT2D eigenvalue weighted by Crippen LogP contribution is -2.39. The van der Waals surface area contributed by atoms with Gasteiger partial charge >= 0.3 is 0 Å². The zero-order valence-corrected chi connectivity index (χ0v) is 26.5. The van der Waals surface area contributed by atoms with Gasteiger partial charge in [0, 0.05) is 34.1 Å². The molecule has 226 valence electrons. The van der Waals surface area contributed by atoms with E-state index in [1.807, 2.05) is 54.7 Å². The Labute approximate surface area is 273 Å². The number of fused-ring (bicyclic) bond motifs is 9. The number of hydrogen-bond donors (Lipinski definition) is 0. The fourth-order valence-corrected chi connectivity index (χ4v) is 7.83. The van der Waals surface area contributed by atoms with Crippen LogP contribution in [-0.2, 0) is 5.41 Å². The molecule has 0 saturated carbocycles. The minimum Gasteiger partial charge on any atom is -0.457 e. The normalized spacial score (nSPS) is 13.8. The standard InChI is InChI=1S/C43H32N2O2/c1-27-17-21-38-36(23-27)43(34-13-7-9-15-40(34)47-41-16-10-8-14-35(41)43)37-24-28(2)18-22-39(37)45(38)31-19-20-32-33(25-31)29(3)26-44(42(32)46)30-11-5-4-6-12-30/h4-26H,1-3H3. The summed E-state index contributed by atoms with van der Waals surface area (Å²) < 4.78 is 8.32. The molecule has 0 unspecified atom stereocenters. The minimum absolute atomic E-state index is 0.0246. The van der Waals surface area contributed by atoms with Gasteiger partial charge in [-0.3, -0.25) is 9.36 Å². The Balaban J connectivity index is 1.35. The first-order chi connectivity index (χ1) is 22.9. The second-order valence-corrected chi connectivity index (χ2v) is 12.8. The highest BCUT2D eigenvalue weighted by Gasteiger charge is 2.51. The van der Waals surface area contributed by atoms with Crippen LogP contribution in [0.2, 0.25) is 0 Å². The molecule has 0 fully saturated rings. The van der Waals surface area contributed by atoms with E-state index in [2.05, 4.69) is 111 Å². The Kier molecular flexibility index (Phi) is 5.88. The number of para-hydroxylation sites is 3. The average Bonchev–Trinajstić information content (AvgIpc) is 3.10. The second kappa shape index (κ2) is 10.1. The van der Waals surface area contributed by atoms with Crippen LogP contribution in [0.3, 0.4) is 0 Å². The first-order valence-electron chi connectivity index (χ1n) is 16.1. The average molecular weight is 609 g/mol. The largest absolute Gasteiger partial charge is 0.457 e. The van der Waals surface area contributed by atoms with Crippen LogP contribution >= 0.6 is 0 Å². The van der Waals surface area contributed by atoms with Gasteiger partial charge in [-0.25, -0.2) is 0 Å². The van der Waals surface area contributed by atoms with E-state index in [0.29, 0.717) is 5.39 Å². The Hall–Kier alpha value is -5.87. The summed E-state index contributed by atoms with van der Waals surface area (Å²) in [5.74, 6) is 1.74. The molecular formula is C43H32N2O2. The molecule has 4 heteroatoms. The molecule has 7 aromatic rings. The Bertz CT molecular complexity index is 2360. The van der Waals surface area contributed by atoms with Crippen LogP contribution < -0.4 is 15.2 Å². The van der Waals surface area contributed by atoms with Crippen LogP contribution in [-0.4, -0.2) is 4.57 Å². The zero-order chi connectivity index (χ0) is 31.9. The van der Waals surface area contributed by atoms with E-state index in [1.54, 1.807) is 4.57 Å². The SMILES string of the molecule is Cc1ccc2c(c1)C1(c3ccccc3Oc3ccccc31)c1cc(C)ccc1N2c1ccc2c(=O)n(-c3ccccc3)cc(C)c2c1. The van der Waals surface area contributed by atoms with E-state index in [4.69, 9.17) is 4.74 Å². The third-order valence-electron chi connectivity index (χ3n) is 9.89. The van der Waals surface area contributed by atoms with Gasteiger partial charge in [0.05, 0.1) is 16.8 Å². The molecule has 1 spiro atoms. The van der Waals surface area contributed by atoms with Crippen molar-refractivity contribution in [1.29, 1.82) is 0 Å². The minimum atomic E-state index is -0.596. The Morgan fingerprint density at radius 1 is 0.532 bits per heavy atom. The molecule has 2 aliphatic heterocycles. The molecule has 0 N–H and O–H groups in total. The van der Waals surface area contributed by atoms with Gasteiger partial charge in [-0.2, -0.15) is 0 Å². The summed E-state index contributed by atoms with van der Waals surface area (Å²) in [6, 6.07) is 46.6. The molecule has 6 aromatic carbocycles. The molecular weight excluding hydrogens is 576 g/mol. The molecule has 2 aliphatic rings. The fraction of sp³-hybridized carbons (Fsp3) is 0.0930. The van der Waals surface area contributed by atoms with Gasteiger partial charge in [0.1, 0.15) is 11.5 Å². The molecule has 0 atom stereocenters. The van der Waals surface area contributed by atoms with E-state index in [0.717, 1.165) is 56.3 Å². The number of aromatic nitrogens is 1. The van der Waals surface area contributed by atoms with E-state index >= 15 is 0 Å². The number of benzene rings is 6. The van der Waals surface area contributed by atoms with Gasteiger partial charge in [0.15, 0.2) is 0 Å². The summed E-state index contributed by atoms with van der Waals surface area (Å²) in [6.07, 6.45) is 1.96. The first-order valence-corrected chi connectivity index (χ1v) is 16.1. The molecule has 4 nitrogen and oxygen atoms in total. The monoisotopic (exact) mass is 608 g/mol. The Morgan fingerprint density at radius 2 is 1.11 bits per heavy atom. The molecule has 0 bridgehead atoms. The van der Waals surface area contributed by atoms with Crippen molar-refractivity contribution in [2.45, 2.75) is 26.2 Å². The van der Waals surface area contributed by atoms with Gasteiger partial charge in [-0.05, 0) is 97.4 Å². The van der Waals surface area contributed by atoms with E-state index in [1.165, 1.54) is 22.3 Å². The van der Waals surface area contributed by atoms with Gasteiger partial charge in [-0.15, -0.1) is 0 Å². The van der Waals surface area contributed by atoms with Gasteiger partial charge in [-0.1, -0.05) is 90.0 Å². The lowest BCUT2D eigenvalue weighted by atomic mass is 9.61. The zero-order valence-electron chi connectivity index (χ0n) is 26.5. The maximum absolute atomic E-state index is 13.8. The Morgan fingerprint density at radius 3 is 1.72 bits per heavy atom. The number of nitrogens with zero attached hydrogens (tertiary/aromatic N) is 2. The smallest absolute Gasteiger partial charge is 0.262 e. The highest BCUT2D eigenvalue weighted by Crippen LogP contribution is 2.63. The molecule has 3 heterocycles. The molecule has 1 aromatic heterocycles. The summed E-state index contributed by atoms with van der Waals surface area (Å²) in [4.78, 5) is 16.2. The first kappa shape index (κ1) is 27.4. The van der Waals surface area contributed by atoms with Crippen LogP contribution in [0.1, 0.15) is 38.9 Å². The van der Waals surface area contributed by atoms with Crippen LogP contribution in [0.25, 0.3) is 16.5 Å². The quantitative estimate of drug-likeness (QED) is 0.196. The summed E-state index contributed by atoms with van der Waals surface area (Å²) >= 11 is 0. The van der Waals surface area contributed by atoms with Crippen molar-refractivity contribution in [1.82, 2.24) is 4.57 Å². The van der Waals surface area contributed by atoms with Crippen LogP contribution in [0, 0.1) is 20.8 Å². The van der Waals surface area contributed by atoms with Crippen molar-refractivity contribution in [3.63, 3.8) is 0 Å². The van der Waals surface area contributed by atoms with Crippen LogP contribution in [0.5, 0.6) is 11.5 Å². The highest BCUT2D eigenvalue weighted by atomic mass is 16.5. The lowest BCUT2D eigenvalue weighted by molar-refractivity contribution is 0.434. The molecule has 0 aliphatic carbocycles. The van der Waals surface area contributed by atoms with Gasteiger partial charge in [0.25, 0.3) is 5.56 Å². The van der Waals surface area contributed by atoms with Crippen molar-refractivity contribution in [2.24, 2.45) is 0 Å². The third-order valence-corrected chi connectivity index (χ3v) is 9.89. The van der Waals surface area contributed by atoms with Crippen molar-refractivity contribution in [2.75, 3.05) is 4.90 Å². The number of aryl methyl sites for hydroxylation is 3. The molecule has 9 rings (SSSR count). The number of hydrogen-bond acceptors (Lipinski definition) is 3. The molecule has 0 amide bonds. The van der Waals surface area contributed by atoms with Crippen molar-refractivity contribution < 1.29 is 4.74 Å². The van der Waals surface area contributed by atoms with Crippen molar-refractivity contribution in [3.8, 4) is 17.2 Å². The predicted molar refractivity (Wildman–Crippen MR) is 190 cm³/mol. The number of ether oxygens (including phenoxy) is 1. The second-order valence-electron chi connectivity index (χ2n) is 12.8. The topological polar surface area (TPSA) is 34.5 Å². The van der Waals surface area contributed by atoms with Crippen molar-refractivity contribution in [3.05, 3.63) is 189 Å². The molecule has 0 saturated heterocycles. The summed E-state index contributed by atoms with van der Waals surface area (Å²) in [5.41, 5.74) is 11.6. The molecule has 47 heavy (non-hydrogen) atoms. The van der Waals surface area contributed by atoms with Gasteiger partial charge in [0.2, 0.25) is 0 Å². The highest BCUT2D eigenvalue weighted by molar-refractivity contribution is 5.95. The summed E-state index contributed by atoms with van der Waals surface area (Å²) in [7, 11) is 0. The van der Waals surface area contributed by atoms with Crippen molar-refractivity contribution >= 4 is 27.8 Å². The van der Waals surface area contributed by atoms with Crippen LogP contribution in [0.15, 0.2) is 144 Å². The number of rotatable bonds is 2. The van der Waals surface area contributed by atoms with E-state index < -0.39 is 5.41 Å². The van der Waals surface area contributed by atoms with E-state index in [-0.39, 0.29) is 5.56 Å². The fourth-order valence-electron chi connectivity index (χ4n) is 7.83. The lowest BCUT2D eigenvalue weighted by Gasteiger charge is -2.49. The predicted octanol–water partition coefficient (Wildman–Crippen LogP) is 10.2. The van der Waals surface area contributed by atoms with Gasteiger partial charge < -0.3 is 9.64 Å². The van der Waals surface area contributed by atoms with Crippen LogP contribution in [0.4, 0.5) is 17.1 Å². The molecule has 0 radical (unpaired) electrons. The number of pyridine rings is 1. The third kappa shape index (κ3) is 3.85. The maximum Gasteiger partial charge on any atom is 0.262 e.